The van der Waals surface area contributed by atoms with Gasteiger partial charge in [-0.2, -0.15) is 5.10 Å². The first kappa shape index (κ1) is 12.3. The normalized spacial score (nSPS) is 11.7. The Hall–Kier alpha value is -2.41. The third kappa shape index (κ3) is 1.74. The number of rotatable bonds is 2. The van der Waals surface area contributed by atoms with Crippen LogP contribution in [-0.4, -0.2) is 24.3 Å². The molecule has 0 atom stereocenters. The van der Waals surface area contributed by atoms with E-state index in [9.17, 15) is 4.79 Å². The minimum absolute atomic E-state index is 0.0842. The van der Waals surface area contributed by atoms with Crippen LogP contribution in [0.3, 0.4) is 0 Å². The molecule has 0 radical (unpaired) electrons. The smallest absolute Gasteiger partial charge is 0.291 e. The second kappa shape index (κ2) is 4.29. The van der Waals surface area contributed by atoms with Gasteiger partial charge in [-0.1, -0.05) is 0 Å². The van der Waals surface area contributed by atoms with Gasteiger partial charge in [0.25, 0.3) is 5.56 Å². The molecule has 0 saturated carbocycles. The largest absolute Gasteiger partial charge is 0.367 e. The quantitative estimate of drug-likeness (QED) is 0.616. The molecule has 0 fully saturated rings. The first-order chi connectivity index (χ1) is 10.1. The summed E-state index contributed by atoms with van der Waals surface area (Å²) < 4.78 is 4.39. The highest BCUT2D eigenvalue weighted by molar-refractivity contribution is 7.19. The Bertz CT molecular complexity index is 1010. The second-order valence-electron chi connectivity index (χ2n) is 5.03. The van der Waals surface area contributed by atoms with Gasteiger partial charge in [0.1, 0.15) is 5.52 Å². The zero-order chi connectivity index (χ0) is 14.6. The van der Waals surface area contributed by atoms with Crippen molar-refractivity contribution in [1.29, 1.82) is 0 Å². The van der Waals surface area contributed by atoms with Crippen LogP contribution < -0.4 is 5.56 Å². The summed E-state index contributed by atoms with van der Waals surface area (Å²) >= 11 is 1.60. The highest BCUT2D eigenvalue weighted by Crippen LogP contribution is 2.30. The Balaban J connectivity index is 1.98. The Labute approximate surface area is 123 Å². The van der Waals surface area contributed by atoms with Crippen molar-refractivity contribution in [3.05, 3.63) is 45.6 Å². The summed E-state index contributed by atoms with van der Waals surface area (Å²) in [5, 5.41) is 6.19. The third-order valence-corrected chi connectivity index (χ3v) is 4.62. The van der Waals surface area contributed by atoms with Crippen molar-refractivity contribution < 1.29 is 0 Å². The number of nitrogens with zero attached hydrogens (tertiary/aromatic N) is 4. The summed E-state index contributed by atoms with van der Waals surface area (Å²) in [6.07, 6.45) is 5.47. The standard InChI is InChI=1S/C14H13N5OS/c1-8-17-13-12(21-8)10-6-16-19(7-9-3-4-15-5-9)14(20)11(10)18(13)2/h3-6,15H,7H2,1-2H3. The molecule has 7 heteroatoms. The van der Waals surface area contributed by atoms with Gasteiger partial charge in [0.15, 0.2) is 5.65 Å². The van der Waals surface area contributed by atoms with E-state index in [1.807, 2.05) is 37.0 Å². The van der Waals surface area contributed by atoms with Crippen LogP contribution in [0, 0.1) is 6.92 Å². The van der Waals surface area contributed by atoms with Crippen molar-refractivity contribution in [3.63, 3.8) is 0 Å². The first-order valence-corrected chi connectivity index (χ1v) is 7.40. The maximum atomic E-state index is 12.7. The van der Waals surface area contributed by atoms with E-state index in [0.717, 1.165) is 26.3 Å². The molecular weight excluding hydrogens is 286 g/mol. The molecule has 0 saturated heterocycles. The topological polar surface area (TPSA) is 68.5 Å². The van der Waals surface area contributed by atoms with Crippen molar-refractivity contribution in [2.75, 3.05) is 0 Å². The Kier molecular flexibility index (Phi) is 2.52. The molecule has 0 aliphatic carbocycles. The van der Waals surface area contributed by atoms with Gasteiger partial charge in [0, 0.05) is 24.8 Å². The molecule has 0 amide bonds. The lowest BCUT2D eigenvalue weighted by atomic mass is 10.3. The molecule has 4 aromatic rings. The molecule has 4 aromatic heterocycles. The lowest BCUT2D eigenvalue weighted by Gasteiger charge is -2.03. The first-order valence-electron chi connectivity index (χ1n) is 6.58. The number of fused-ring (bicyclic) bond motifs is 3. The molecule has 0 spiro atoms. The molecular formula is C14H13N5OS. The van der Waals surface area contributed by atoms with Crippen LogP contribution in [0.4, 0.5) is 0 Å². The predicted octanol–water partition coefficient (Wildman–Crippen LogP) is 2.03. The molecule has 21 heavy (non-hydrogen) atoms. The highest BCUT2D eigenvalue weighted by Gasteiger charge is 2.17. The number of hydrogen-bond donors (Lipinski definition) is 1. The van der Waals surface area contributed by atoms with Gasteiger partial charge < -0.3 is 9.55 Å². The van der Waals surface area contributed by atoms with Crippen LogP contribution in [0.2, 0.25) is 0 Å². The summed E-state index contributed by atoms with van der Waals surface area (Å²) in [5.74, 6) is 0. The number of aromatic nitrogens is 5. The molecule has 6 nitrogen and oxygen atoms in total. The number of H-pyrrole nitrogens is 1. The minimum atomic E-state index is -0.0842. The van der Waals surface area contributed by atoms with E-state index in [0.29, 0.717) is 12.1 Å². The van der Waals surface area contributed by atoms with Gasteiger partial charge in [-0.3, -0.25) is 4.79 Å². The van der Waals surface area contributed by atoms with Gasteiger partial charge in [-0.25, -0.2) is 9.67 Å². The van der Waals surface area contributed by atoms with Gasteiger partial charge in [0.05, 0.1) is 22.4 Å². The molecule has 4 heterocycles. The average Bonchev–Trinajstić information content (AvgIpc) is 3.13. The van der Waals surface area contributed by atoms with Crippen molar-refractivity contribution >= 4 is 32.6 Å². The van der Waals surface area contributed by atoms with Crippen LogP contribution in [0.5, 0.6) is 0 Å². The van der Waals surface area contributed by atoms with E-state index in [1.54, 1.807) is 17.5 Å². The zero-order valence-electron chi connectivity index (χ0n) is 11.6. The van der Waals surface area contributed by atoms with E-state index in [4.69, 9.17) is 0 Å². The fourth-order valence-corrected chi connectivity index (χ4v) is 3.60. The SMILES string of the molecule is Cc1nc2c(s1)c1cnn(Cc3cc[nH]c3)c(=O)c1n2C. The average molecular weight is 299 g/mol. The van der Waals surface area contributed by atoms with E-state index in [2.05, 4.69) is 15.1 Å². The Morgan fingerprint density at radius 2 is 2.29 bits per heavy atom. The third-order valence-electron chi connectivity index (χ3n) is 3.63. The lowest BCUT2D eigenvalue weighted by molar-refractivity contribution is 0.644. The summed E-state index contributed by atoms with van der Waals surface area (Å²) in [6.45, 7) is 2.43. The monoisotopic (exact) mass is 299 g/mol. The van der Waals surface area contributed by atoms with Gasteiger partial charge in [0.2, 0.25) is 0 Å². The molecule has 0 bridgehead atoms. The van der Waals surface area contributed by atoms with Crippen LogP contribution in [0.1, 0.15) is 10.6 Å². The Morgan fingerprint density at radius 1 is 1.43 bits per heavy atom. The van der Waals surface area contributed by atoms with E-state index < -0.39 is 0 Å². The van der Waals surface area contributed by atoms with E-state index in [-0.39, 0.29) is 5.56 Å². The Morgan fingerprint density at radius 3 is 3.05 bits per heavy atom. The zero-order valence-corrected chi connectivity index (χ0v) is 12.4. The van der Waals surface area contributed by atoms with Crippen molar-refractivity contribution in [2.24, 2.45) is 7.05 Å². The molecule has 0 unspecified atom stereocenters. The number of hydrogen-bond acceptors (Lipinski definition) is 4. The highest BCUT2D eigenvalue weighted by atomic mass is 32.1. The van der Waals surface area contributed by atoms with Gasteiger partial charge >= 0.3 is 0 Å². The summed E-state index contributed by atoms with van der Waals surface area (Å²) in [6, 6.07) is 1.94. The summed E-state index contributed by atoms with van der Waals surface area (Å²) in [4.78, 5) is 20.2. The second-order valence-corrected chi connectivity index (χ2v) is 6.24. The van der Waals surface area contributed by atoms with Crippen LogP contribution >= 0.6 is 11.3 Å². The fraction of sp³-hybridized carbons (Fsp3) is 0.214. The maximum absolute atomic E-state index is 12.7. The molecule has 0 aromatic carbocycles. The van der Waals surface area contributed by atoms with E-state index >= 15 is 0 Å². The molecule has 1 N–H and O–H groups in total. The van der Waals surface area contributed by atoms with Crippen molar-refractivity contribution in [2.45, 2.75) is 13.5 Å². The number of aromatic amines is 1. The number of aryl methyl sites for hydroxylation is 2. The molecule has 106 valence electrons. The van der Waals surface area contributed by atoms with Crippen LogP contribution in [-0.2, 0) is 13.6 Å². The number of thiazole rings is 1. The fourth-order valence-electron chi connectivity index (χ4n) is 2.64. The minimum Gasteiger partial charge on any atom is -0.367 e. The molecule has 0 aliphatic rings. The summed E-state index contributed by atoms with van der Waals surface area (Å²) in [5.41, 5.74) is 2.45. The van der Waals surface area contributed by atoms with E-state index in [1.165, 1.54) is 4.68 Å². The summed E-state index contributed by atoms with van der Waals surface area (Å²) in [7, 11) is 1.88. The van der Waals surface area contributed by atoms with Gasteiger partial charge in [-0.15, -0.1) is 11.3 Å². The maximum Gasteiger partial charge on any atom is 0.291 e. The molecule has 0 aliphatic heterocycles. The van der Waals surface area contributed by atoms with Crippen LogP contribution in [0.15, 0.2) is 29.5 Å². The van der Waals surface area contributed by atoms with Crippen LogP contribution in [0.25, 0.3) is 21.3 Å². The molecule has 4 rings (SSSR count). The van der Waals surface area contributed by atoms with Crippen molar-refractivity contribution in [3.8, 4) is 0 Å². The van der Waals surface area contributed by atoms with Gasteiger partial charge in [-0.05, 0) is 18.6 Å². The van der Waals surface area contributed by atoms with Crippen molar-refractivity contribution in [1.82, 2.24) is 24.3 Å². The predicted molar refractivity (Wildman–Crippen MR) is 82.8 cm³/mol. The number of nitrogens with one attached hydrogen (secondary N) is 1. The lowest BCUT2D eigenvalue weighted by Crippen LogP contribution is -2.24.